The van der Waals surface area contributed by atoms with Gasteiger partial charge in [-0.1, -0.05) is 30.3 Å². The van der Waals surface area contributed by atoms with Crippen molar-refractivity contribution in [2.24, 2.45) is 0 Å². The van der Waals surface area contributed by atoms with Gasteiger partial charge in [-0.25, -0.2) is 0 Å². The van der Waals surface area contributed by atoms with Crippen molar-refractivity contribution in [3.63, 3.8) is 0 Å². The Hall–Kier alpha value is -1.10. The number of hydrogen-bond acceptors (Lipinski definition) is 4. The van der Waals surface area contributed by atoms with Crippen LogP contribution < -0.4 is 0 Å². The van der Waals surface area contributed by atoms with E-state index in [-0.39, 0.29) is 4.75 Å². The fraction of sp³-hybridized carbons (Fsp3) is 0.273. The summed E-state index contributed by atoms with van der Waals surface area (Å²) < 4.78 is -0.309. The maximum absolute atomic E-state index is 8.78. The SMILES string of the molecule is CC(CSC#N)(SC#N)c1ccccc1. The highest BCUT2D eigenvalue weighted by atomic mass is 32.2. The van der Waals surface area contributed by atoms with Gasteiger partial charge in [-0.15, -0.1) is 0 Å². The van der Waals surface area contributed by atoms with Crippen molar-refractivity contribution in [3.8, 4) is 10.8 Å². The summed E-state index contributed by atoms with van der Waals surface area (Å²) in [6.45, 7) is 1.99. The van der Waals surface area contributed by atoms with Gasteiger partial charge in [0.2, 0.25) is 0 Å². The highest BCUT2D eigenvalue weighted by Gasteiger charge is 2.27. The second-order valence-electron chi connectivity index (χ2n) is 3.17. The summed E-state index contributed by atoms with van der Waals surface area (Å²) in [6, 6.07) is 9.81. The van der Waals surface area contributed by atoms with Crippen molar-refractivity contribution >= 4 is 23.5 Å². The molecule has 0 amide bonds. The molecule has 0 aliphatic carbocycles. The summed E-state index contributed by atoms with van der Waals surface area (Å²) in [6.07, 6.45) is 0. The zero-order valence-electron chi connectivity index (χ0n) is 8.30. The fourth-order valence-corrected chi connectivity index (χ4v) is 2.61. The van der Waals surface area contributed by atoms with E-state index < -0.39 is 0 Å². The Morgan fingerprint density at radius 2 is 1.87 bits per heavy atom. The van der Waals surface area contributed by atoms with E-state index in [1.54, 1.807) is 0 Å². The number of rotatable bonds is 4. The van der Waals surface area contributed by atoms with Gasteiger partial charge in [0.1, 0.15) is 10.8 Å². The van der Waals surface area contributed by atoms with Crippen molar-refractivity contribution in [2.75, 3.05) is 5.75 Å². The fourth-order valence-electron chi connectivity index (χ4n) is 1.23. The van der Waals surface area contributed by atoms with Crippen molar-refractivity contribution < 1.29 is 0 Å². The second-order valence-corrected chi connectivity index (χ2v) is 5.22. The lowest BCUT2D eigenvalue weighted by Gasteiger charge is -2.24. The van der Waals surface area contributed by atoms with E-state index in [0.29, 0.717) is 5.75 Å². The first kappa shape index (κ1) is 12.0. The van der Waals surface area contributed by atoms with Crippen molar-refractivity contribution in [3.05, 3.63) is 35.9 Å². The van der Waals surface area contributed by atoms with Crippen LogP contribution in [0, 0.1) is 21.3 Å². The van der Waals surface area contributed by atoms with Gasteiger partial charge in [-0.2, -0.15) is 10.5 Å². The largest absolute Gasteiger partial charge is 0.185 e. The topological polar surface area (TPSA) is 47.6 Å². The van der Waals surface area contributed by atoms with Crippen LogP contribution in [-0.4, -0.2) is 5.75 Å². The Labute approximate surface area is 98.3 Å². The third-order valence-corrected chi connectivity index (χ3v) is 4.02. The predicted molar refractivity (Wildman–Crippen MR) is 65.1 cm³/mol. The van der Waals surface area contributed by atoms with Crippen LogP contribution >= 0.6 is 23.5 Å². The molecule has 1 aromatic carbocycles. The number of thioether (sulfide) groups is 2. The maximum Gasteiger partial charge on any atom is 0.134 e. The molecule has 0 saturated carbocycles. The minimum atomic E-state index is -0.309. The highest BCUT2D eigenvalue weighted by Crippen LogP contribution is 2.38. The summed E-state index contributed by atoms with van der Waals surface area (Å²) in [7, 11) is 0. The molecule has 0 radical (unpaired) electrons. The summed E-state index contributed by atoms with van der Waals surface area (Å²) in [4.78, 5) is 0. The Kier molecular flexibility index (Phi) is 4.55. The minimum absolute atomic E-state index is 0.309. The van der Waals surface area contributed by atoms with E-state index in [4.69, 9.17) is 10.5 Å². The molecule has 0 aromatic heterocycles. The molecule has 0 N–H and O–H groups in total. The Bertz CT molecular complexity index is 391. The molecule has 2 nitrogen and oxygen atoms in total. The molecule has 0 heterocycles. The van der Waals surface area contributed by atoms with Crippen LogP contribution in [0.3, 0.4) is 0 Å². The van der Waals surface area contributed by atoms with Gasteiger partial charge in [-0.05, 0) is 36.0 Å². The normalized spacial score (nSPS) is 13.5. The van der Waals surface area contributed by atoms with Gasteiger partial charge in [-0.3, -0.25) is 0 Å². The van der Waals surface area contributed by atoms with Crippen molar-refractivity contribution in [1.82, 2.24) is 0 Å². The van der Waals surface area contributed by atoms with E-state index in [0.717, 1.165) is 5.56 Å². The zero-order chi connectivity index (χ0) is 11.1. The number of nitriles is 2. The quantitative estimate of drug-likeness (QED) is 0.750. The van der Waals surface area contributed by atoms with Crippen molar-refractivity contribution in [1.29, 1.82) is 10.5 Å². The smallest absolute Gasteiger partial charge is 0.134 e. The molecule has 0 aliphatic heterocycles. The first-order valence-electron chi connectivity index (χ1n) is 4.36. The Balaban J connectivity index is 2.92. The number of benzene rings is 1. The van der Waals surface area contributed by atoms with Gasteiger partial charge in [0.25, 0.3) is 0 Å². The van der Waals surface area contributed by atoms with Gasteiger partial charge in [0, 0.05) is 5.75 Å². The van der Waals surface area contributed by atoms with Crippen LogP contribution in [0.5, 0.6) is 0 Å². The van der Waals surface area contributed by atoms with Crippen LogP contribution in [0.4, 0.5) is 0 Å². The first-order valence-corrected chi connectivity index (χ1v) is 6.16. The van der Waals surface area contributed by atoms with Crippen LogP contribution in [0.2, 0.25) is 0 Å². The summed E-state index contributed by atoms with van der Waals surface area (Å²) >= 11 is 2.39. The third kappa shape index (κ3) is 3.20. The van der Waals surface area contributed by atoms with Gasteiger partial charge in [0.05, 0.1) is 4.75 Å². The lowest BCUT2D eigenvalue weighted by Crippen LogP contribution is -2.19. The number of thiocyanates is 2. The predicted octanol–water partition coefficient (Wildman–Crippen LogP) is 3.33. The number of nitrogens with zero attached hydrogens (tertiary/aromatic N) is 2. The molecule has 0 spiro atoms. The molecule has 4 heteroatoms. The molecule has 1 aromatic rings. The van der Waals surface area contributed by atoms with Gasteiger partial charge >= 0.3 is 0 Å². The van der Waals surface area contributed by atoms with Crippen LogP contribution in [0.25, 0.3) is 0 Å². The lowest BCUT2D eigenvalue weighted by molar-refractivity contribution is 0.802. The van der Waals surface area contributed by atoms with Crippen LogP contribution in [0.1, 0.15) is 12.5 Å². The van der Waals surface area contributed by atoms with E-state index in [2.05, 4.69) is 5.40 Å². The molecule has 0 aliphatic rings. The van der Waals surface area contributed by atoms with Gasteiger partial charge < -0.3 is 0 Å². The standard InChI is InChI=1S/C11H10N2S2/c1-11(15-9-13,7-14-8-12)10-5-3-2-4-6-10/h2-6H,7H2,1H3. The second kappa shape index (κ2) is 5.70. The summed E-state index contributed by atoms with van der Waals surface area (Å²) in [5, 5.41) is 21.5. The van der Waals surface area contributed by atoms with E-state index in [1.807, 2.05) is 42.7 Å². The van der Waals surface area contributed by atoms with Gasteiger partial charge in [0.15, 0.2) is 0 Å². The molecule has 0 bridgehead atoms. The van der Waals surface area contributed by atoms with E-state index >= 15 is 0 Å². The first-order chi connectivity index (χ1) is 7.23. The molecule has 0 saturated heterocycles. The zero-order valence-corrected chi connectivity index (χ0v) is 9.94. The molecular weight excluding hydrogens is 224 g/mol. The molecule has 1 rings (SSSR count). The average Bonchev–Trinajstić information content (AvgIpc) is 2.28. The van der Waals surface area contributed by atoms with E-state index in [9.17, 15) is 0 Å². The van der Waals surface area contributed by atoms with E-state index in [1.165, 1.54) is 23.5 Å². The minimum Gasteiger partial charge on any atom is -0.185 e. The molecule has 76 valence electrons. The highest BCUT2D eigenvalue weighted by molar-refractivity contribution is 8.07. The molecule has 1 atom stereocenters. The Morgan fingerprint density at radius 3 is 2.40 bits per heavy atom. The summed E-state index contributed by atoms with van der Waals surface area (Å²) in [5.41, 5.74) is 1.08. The molecular formula is C11H10N2S2. The maximum atomic E-state index is 8.78. The Morgan fingerprint density at radius 1 is 1.20 bits per heavy atom. The molecule has 0 fully saturated rings. The molecule has 1 unspecified atom stereocenters. The monoisotopic (exact) mass is 234 g/mol. The molecule has 15 heavy (non-hydrogen) atoms. The van der Waals surface area contributed by atoms with Crippen molar-refractivity contribution in [2.45, 2.75) is 11.7 Å². The lowest BCUT2D eigenvalue weighted by atomic mass is 10.0. The third-order valence-electron chi connectivity index (χ3n) is 2.07. The number of hydrogen-bond donors (Lipinski definition) is 0. The summed E-state index contributed by atoms with van der Waals surface area (Å²) in [5.74, 6) is 0.617. The van der Waals surface area contributed by atoms with Crippen LogP contribution in [-0.2, 0) is 4.75 Å². The van der Waals surface area contributed by atoms with Crippen LogP contribution in [0.15, 0.2) is 30.3 Å². The average molecular weight is 234 g/mol.